The number of aromatic nitrogens is 2. The summed E-state index contributed by atoms with van der Waals surface area (Å²) in [5.41, 5.74) is 1.66. The minimum atomic E-state index is -0.258. The summed E-state index contributed by atoms with van der Waals surface area (Å²) in [5, 5.41) is 0.383. The van der Waals surface area contributed by atoms with Crippen molar-refractivity contribution in [3.8, 4) is 0 Å². The summed E-state index contributed by atoms with van der Waals surface area (Å²) in [4.78, 5) is 8.47. The largest absolute Gasteiger partial charge is 0.378 e. The van der Waals surface area contributed by atoms with E-state index in [2.05, 4.69) is 9.97 Å². The average Bonchev–Trinajstić information content (AvgIpc) is 2.32. The Morgan fingerprint density at radius 2 is 1.94 bits per heavy atom. The average molecular weight is 267 g/mol. The number of hydrogen-bond acceptors (Lipinski definition) is 3. The van der Waals surface area contributed by atoms with Crippen molar-refractivity contribution in [1.29, 1.82) is 0 Å². The van der Waals surface area contributed by atoms with E-state index in [1.54, 1.807) is 25.3 Å². The Bertz CT molecular complexity index is 531. The maximum atomic E-state index is 12.8. The molecule has 2 aromatic rings. The number of hydrogen-bond donors (Lipinski definition) is 0. The second-order valence-electron chi connectivity index (χ2n) is 3.83. The standard InChI is InChI=1S/C13H12ClFN2O/c1-18-8-11-7-12(14)17-13(16-11)6-9-2-4-10(15)5-3-9/h2-5,7H,6,8H2,1H3. The summed E-state index contributed by atoms with van der Waals surface area (Å²) < 4.78 is 17.8. The SMILES string of the molecule is COCc1cc(Cl)nc(Cc2ccc(F)cc2)n1. The van der Waals surface area contributed by atoms with Crippen molar-refractivity contribution in [3.05, 3.63) is 58.4 Å². The molecule has 1 aromatic carbocycles. The molecular formula is C13H12ClFN2O. The summed E-state index contributed by atoms with van der Waals surface area (Å²) in [7, 11) is 1.59. The highest BCUT2D eigenvalue weighted by molar-refractivity contribution is 6.29. The summed E-state index contributed by atoms with van der Waals surface area (Å²) in [6.07, 6.45) is 0.511. The highest BCUT2D eigenvalue weighted by Crippen LogP contribution is 2.12. The van der Waals surface area contributed by atoms with E-state index in [-0.39, 0.29) is 5.82 Å². The number of halogens is 2. The maximum Gasteiger partial charge on any atom is 0.134 e. The van der Waals surface area contributed by atoms with Crippen molar-refractivity contribution < 1.29 is 9.13 Å². The molecule has 1 aromatic heterocycles. The van der Waals surface area contributed by atoms with E-state index in [1.165, 1.54) is 12.1 Å². The van der Waals surface area contributed by atoms with Gasteiger partial charge < -0.3 is 4.74 Å². The third-order valence-corrected chi connectivity index (χ3v) is 2.56. The second-order valence-corrected chi connectivity index (χ2v) is 4.22. The van der Waals surface area contributed by atoms with Crippen LogP contribution in [0.4, 0.5) is 4.39 Å². The fourth-order valence-electron chi connectivity index (χ4n) is 1.60. The molecule has 5 heteroatoms. The van der Waals surface area contributed by atoms with Crippen LogP contribution >= 0.6 is 11.6 Å². The lowest BCUT2D eigenvalue weighted by Crippen LogP contribution is -2.02. The van der Waals surface area contributed by atoms with Crippen LogP contribution in [-0.2, 0) is 17.8 Å². The number of ether oxygens (including phenoxy) is 1. The Morgan fingerprint density at radius 3 is 2.61 bits per heavy atom. The molecule has 0 aliphatic carbocycles. The molecule has 0 saturated carbocycles. The van der Waals surface area contributed by atoms with Crippen molar-refractivity contribution in [3.63, 3.8) is 0 Å². The zero-order valence-corrected chi connectivity index (χ0v) is 10.6. The van der Waals surface area contributed by atoms with E-state index in [0.29, 0.717) is 24.0 Å². The van der Waals surface area contributed by atoms with Crippen LogP contribution in [0.2, 0.25) is 5.15 Å². The van der Waals surface area contributed by atoms with Crippen molar-refractivity contribution >= 4 is 11.6 Å². The van der Waals surface area contributed by atoms with Gasteiger partial charge in [-0.25, -0.2) is 14.4 Å². The minimum Gasteiger partial charge on any atom is -0.378 e. The highest BCUT2D eigenvalue weighted by Gasteiger charge is 2.05. The van der Waals surface area contributed by atoms with Gasteiger partial charge in [0.1, 0.15) is 16.8 Å². The number of benzene rings is 1. The summed E-state index contributed by atoms with van der Waals surface area (Å²) >= 11 is 5.91. The van der Waals surface area contributed by atoms with Gasteiger partial charge in [0.05, 0.1) is 12.3 Å². The van der Waals surface area contributed by atoms with Crippen molar-refractivity contribution in [2.75, 3.05) is 7.11 Å². The normalized spacial score (nSPS) is 10.6. The Balaban J connectivity index is 2.20. The van der Waals surface area contributed by atoms with Gasteiger partial charge >= 0.3 is 0 Å². The topological polar surface area (TPSA) is 35.0 Å². The first-order valence-electron chi connectivity index (χ1n) is 5.43. The third kappa shape index (κ3) is 3.48. The van der Waals surface area contributed by atoms with Gasteiger partial charge in [-0.2, -0.15) is 0 Å². The Labute approximate surface area is 110 Å². The molecule has 0 saturated heterocycles. The zero-order valence-electron chi connectivity index (χ0n) is 9.86. The number of rotatable bonds is 4. The van der Waals surface area contributed by atoms with E-state index < -0.39 is 0 Å². The quantitative estimate of drug-likeness (QED) is 0.798. The molecule has 94 valence electrons. The van der Waals surface area contributed by atoms with Crippen molar-refractivity contribution in [1.82, 2.24) is 9.97 Å². The first-order chi connectivity index (χ1) is 8.67. The summed E-state index contributed by atoms with van der Waals surface area (Å²) in [6.45, 7) is 0.388. The fourth-order valence-corrected chi connectivity index (χ4v) is 1.83. The molecule has 0 amide bonds. The molecule has 2 rings (SSSR count). The van der Waals surface area contributed by atoms with E-state index in [4.69, 9.17) is 16.3 Å². The molecule has 0 fully saturated rings. The highest BCUT2D eigenvalue weighted by atomic mass is 35.5. The van der Waals surface area contributed by atoms with Gasteiger partial charge in [-0.05, 0) is 23.8 Å². The smallest absolute Gasteiger partial charge is 0.134 e. The van der Waals surface area contributed by atoms with Crippen LogP contribution in [0.15, 0.2) is 30.3 Å². The van der Waals surface area contributed by atoms with Crippen LogP contribution in [0, 0.1) is 5.82 Å². The zero-order chi connectivity index (χ0) is 13.0. The van der Waals surface area contributed by atoms with E-state index >= 15 is 0 Å². The minimum absolute atomic E-state index is 0.258. The van der Waals surface area contributed by atoms with E-state index in [1.807, 2.05) is 0 Å². The predicted octanol–water partition coefficient (Wildman–Crippen LogP) is 3.01. The van der Waals surface area contributed by atoms with Crippen molar-refractivity contribution in [2.24, 2.45) is 0 Å². The lowest BCUT2D eigenvalue weighted by atomic mass is 10.1. The lowest BCUT2D eigenvalue weighted by Gasteiger charge is -2.04. The first kappa shape index (κ1) is 12.9. The van der Waals surface area contributed by atoms with Gasteiger partial charge in [0.25, 0.3) is 0 Å². The van der Waals surface area contributed by atoms with Gasteiger partial charge in [-0.3, -0.25) is 0 Å². The molecule has 1 heterocycles. The summed E-state index contributed by atoms with van der Waals surface area (Å²) in [5.74, 6) is 0.340. The Morgan fingerprint density at radius 1 is 1.22 bits per heavy atom. The molecule has 0 atom stereocenters. The molecule has 0 N–H and O–H groups in total. The van der Waals surface area contributed by atoms with E-state index in [0.717, 1.165) is 11.3 Å². The predicted molar refractivity (Wildman–Crippen MR) is 67.0 cm³/mol. The van der Waals surface area contributed by atoms with Gasteiger partial charge in [0, 0.05) is 13.5 Å². The molecule has 0 bridgehead atoms. The maximum absolute atomic E-state index is 12.8. The molecule has 18 heavy (non-hydrogen) atoms. The lowest BCUT2D eigenvalue weighted by molar-refractivity contribution is 0.181. The summed E-state index contributed by atoms with van der Waals surface area (Å²) in [6, 6.07) is 7.90. The molecule has 0 spiro atoms. The monoisotopic (exact) mass is 266 g/mol. The van der Waals surface area contributed by atoms with Crippen LogP contribution in [0.25, 0.3) is 0 Å². The first-order valence-corrected chi connectivity index (χ1v) is 5.81. The Kier molecular flexibility index (Phi) is 4.23. The fraction of sp³-hybridized carbons (Fsp3) is 0.231. The van der Waals surface area contributed by atoms with Crippen LogP contribution in [0.1, 0.15) is 17.1 Å². The Hall–Kier alpha value is -1.52. The van der Waals surface area contributed by atoms with Gasteiger partial charge in [0.15, 0.2) is 0 Å². The molecule has 3 nitrogen and oxygen atoms in total. The van der Waals surface area contributed by atoms with Gasteiger partial charge in [0.2, 0.25) is 0 Å². The van der Waals surface area contributed by atoms with Crippen molar-refractivity contribution in [2.45, 2.75) is 13.0 Å². The van der Waals surface area contributed by atoms with Crippen LogP contribution in [0.3, 0.4) is 0 Å². The third-order valence-electron chi connectivity index (χ3n) is 2.36. The molecule has 0 aliphatic heterocycles. The van der Waals surface area contributed by atoms with Gasteiger partial charge in [-0.15, -0.1) is 0 Å². The van der Waals surface area contributed by atoms with Gasteiger partial charge in [-0.1, -0.05) is 23.7 Å². The second kappa shape index (κ2) is 5.89. The molecule has 0 aliphatic rings. The number of methoxy groups -OCH3 is 1. The molecule has 0 radical (unpaired) electrons. The van der Waals surface area contributed by atoms with Crippen LogP contribution in [0.5, 0.6) is 0 Å². The van der Waals surface area contributed by atoms with Crippen LogP contribution in [-0.4, -0.2) is 17.1 Å². The molecular weight excluding hydrogens is 255 g/mol. The number of nitrogens with zero attached hydrogens (tertiary/aromatic N) is 2. The van der Waals surface area contributed by atoms with Crippen LogP contribution < -0.4 is 0 Å². The molecule has 0 unspecified atom stereocenters. The van der Waals surface area contributed by atoms with E-state index in [9.17, 15) is 4.39 Å².